The van der Waals surface area contributed by atoms with E-state index in [2.05, 4.69) is 89.4 Å². The summed E-state index contributed by atoms with van der Waals surface area (Å²) in [6, 6.07) is 8.93. The number of rotatable bonds is 9. The van der Waals surface area contributed by atoms with Crippen molar-refractivity contribution in [2.75, 3.05) is 33.7 Å². The van der Waals surface area contributed by atoms with Gasteiger partial charge in [-0.05, 0) is 33.5 Å². The van der Waals surface area contributed by atoms with Gasteiger partial charge in [0.1, 0.15) is 12.2 Å². The zero-order valence-corrected chi connectivity index (χ0v) is 20.0. The van der Waals surface area contributed by atoms with Gasteiger partial charge >= 0.3 is 0 Å². The van der Waals surface area contributed by atoms with Crippen LogP contribution < -0.4 is 10.6 Å². The van der Waals surface area contributed by atoms with Crippen molar-refractivity contribution in [3.05, 3.63) is 47.5 Å². The van der Waals surface area contributed by atoms with E-state index in [0.717, 1.165) is 37.8 Å². The number of aliphatic imine (C=N–C) groups is 1. The first-order valence-corrected chi connectivity index (χ1v) is 9.67. The Morgan fingerprint density at radius 1 is 1.18 bits per heavy atom. The molecule has 0 fully saturated rings. The van der Waals surface area contributed by atoms with Crippen LogP contribution in [0.4, 0.5) is 0 Å². The van der Waals surface area contributed by atoms with Crippen molar-refractivity contribution in [2.45, 2.75) is 39.8 Å². The lowest BCUT2D eigenvalue weighted by molar-refractivity contribution is 0.306. The number of hydrogen-bond acceptors (Lipinski definition) is 4. The molecule has 7 nitrogen and oxygen atoms in total. The topological polar surface area (TPSA) is 70.4 Å². The highest BCUT2D eigenvalue weighted by atomic mass is 127. The molecule has 156 valence electrons. The molecule has 0 bridgehead atoms. The molecule has 2 N–H and O–H groups in total. The Morgan fingerprint density at radius 2 is 1.89 bits per heavy atom. The van der Waals surface area contributed by atoms with Gasteiger partial charge in [0.15, 0.2) is 5.96 Å². The van der Waals surface area contributed by atoms with Crippen LogP contribution >= 0.6 is 24.0 Å². The van der Waals surface area contributed by atoms with E-state index in [9.17, 15) is 0 Å². The fourth-order valence-corrected chi connectivity index (χ4v) is 2.91. The molecule has 0 saturated carbocycles. The molecule has 1 atom stereocenters. The van der Waals surface area contributed by atoms with E-state index >= 15 is 0 Å². The first kappa shape index (κ1) is 24.4. The van der Waals surface area contributed by atoms with Crippen LogP contribution in [0.25, 0.3) is 0 Å². The summed E-state index contributed by atoms with van der Waals surface area (Å²) in [6.07, 6.45) is 2.67. The van der Waals surface area contributed by atoms with E-state index in [1.54, 1.807) is 6.33 Å². The SMILES string of the molecule is CCNC(=NCC(c1ccc(C)cc1)N(C)C)NCCn1cnnc1CC.I. The molecule has 0 saturated heterocycles. The molecule has 8 heteroatoms. The highest BCUT2D eigenvalue weighted by Gasteiger charge is 2.14. The van der Waals surface area contributed by atoms with Gasteiger partial charge in [-0.25, -0.2) is 0 Å². The minimum atomic E-state index is 0. The van der Waals surface area contributed by atoms with E-state index in [4.69, 9.17) is 4.99 Å². The van der Waals surface area contributed by atoms with E-state index in [-0.39, 0.29) is 30.0 Å². The van der Waals surface area contributed by atoms with Gasteiger partial charge in [-0.15, -0.1) is 34.2 Å². The molecule has 0 aliphatic heterocycles. The lowest BCUT2D eigenvalue weighted by atomic mass is 10.0. The predicted molar refractivity (Wildman–Crippen MR) is 126 cm³/mol. The molecule has 0 radical (unpaired) electrons. The highest BCUT2D eigenvalue weighted by Crippen LogP contribution is 2.19. The summed E-state index contributed by atoms with van der Waals surface area (Å²) >= 11 is 0. The zero-order chi connectivity index (χ0) is 19.6. The maximum Gasteiger partial charge on any atom is 0.191 e. The van der Waals surface area contributed by atoms with E-state index in [1.165, 1.54) is 11.1 Å². The monoisotopic (exact) mass is 499 g/mol. The Bertz CT molecular complexity index is 710. The molecule has 28 heavy (non-hydrogen) atoms. The number of halogens is 1. The normalized spacial score (nSPS) is 12.6. The third-order valence-corrected chi connectivity index (χ3v) is 4.51. The van der Waals surface area contributed by atoms with E-state index in [1.807, 2.05) is 0 Å². The van der Waals surface area contributed by atoms with Crippen molar-refractivity contribution in [3.63, 3.8) is 0 Å². The number of nitrogens with zero attached hydrogens (tertiary/aromatic N) is 5. The van der Waals surface area contributed by atoms with Crippen molar-refractivity contribution < 1.29 is 0 Å². The van der Waals surface area contributed by atoms with Gasteiger partial charge in [0.05, 0.1) is 12.6 Å². The Morgan fingerprint density at radius 3 is 2.50 bits per heavy atom. The Balaban J connectivity index is 0.00000392. The van der Waals surface area contributed by atoms with Gasteiger partial charge in [-0.1, -0.05) is 36.8 Å². The summed E-state index contributed by atoms with van der Waals surface area (Å²) in [4.78, 5) is 7.02. The smallest absolute Gasteiger partial charge is 0.191 e. The fraction of sp³-hybridized carbons (Fsp3) is 0.550. The maximum absolute atomic E-state index is 4.81. The van der Waals surface area contributed by atoms with Crippen molar-refractivity contribution in [2.24, 2.45) is 4.99 Å². The maximum atomic E-state index is 4.81. The summed E-state index contributed by atoms with van der Waals surface area (Å²) < 4.78 is 2.07. The number of guanidine groups is 1. The molecule has 0 spiro atoms. The van der Waals surface area contributed by atoms with Crippen LogP contribution in [0.1, 0.15) is 36.8 Å². The molecular formula is C20H34IN7. The van der Waals surface area contributed by atoms with Gasteiger partial charge in [0.2, 0.25) is 0 Å². The molecule has 0 aliphatic rings. The second-order valence-corrected chi connectivity index (χ2v) is 6.83. The third-order valence-electron chi connectivity index (χ3n) is 4.51. The van der Waals surface area contributed by atoms with Gasteiger partial charge in [-0.2, -0.15) is 0 Å². The third kappa shape index (κ3) is 7.38. The average Bonchev–Trinajstić information content (AvgIpc) is 3.10. The summed E-state index contributed by atoms with van der Waals surface area (Å²) in [5.41, 5.74) is 2.55. The van der Waals surface area contributed by atoms with Gasteiger partial charge in [-0.3, -0.25) is 4.99 Å². The molecule has 1 unspecified atom stereocenters. The Kier molecular flexibility index (Phi) is 11.1. The summed E-state index contributed by atoms with van der Waals surface area (Å²) in [5.74, 6) is 1.84. The molecule has 0 amide bonds. The second kappa shape index (κ2) is 12.7. The summed E-state index contributed by atoms with van der Waals surface area (Å²) in [5, 5.41) is 14.8. The van der Waals surface area contributed by atoms with Crippen LogP contribution in [-0.2, 0) is 13.0 Å². The molecule has 1 aromatic carbocycles. The highest BCUT2D eigenvalue weighted by molar-refractivity contribution is 14.0. The van der Waals surface area contributed by atoms with E-state index < -0.39 is 0 Å². The first-order chi connectivity index (χ1) is 13.0. The standard InChI is InChI=1S/C20H33N7.HI/c1-6-19-25-24-15-27(19)13-12-22-20(21-7-2)23-14-18(26(4)5)17-10-8-16(3)9-11-17;/h8-11,15,18H,6-7,12-14H2,1-5H3,(H2,21,22,23);1H. The van der Waals surface area contributed by atoms with Crippen LogP contribution in [0.3, 0.4) is 0 Å². The molecule has 0 aliphatic carbocycles. The van der Waals surface area contributed by atoms with Crippen molar-refractivity contribution in [3.8, 4) is 0 Å². The average molecular weight is 499 g/mol. The van der Waals surface area contributed by atoms with Crippen LogP contribution in [0.5, 0.6) is 0 Å². The Labute approximate surface area is 186 Å². The van der Waals surface area contributed by atoms with Crippen LogP contribution in [-0.4, -0.2) is 59.4 Å². The van der Waals surface area contributed by atoms with E-state index in [0.29, 0.717) is 6.54 Å². The molecule has 1 aromatic heterocycles. The number of nitrogens with one attached hydrogen (secondary N) is 2. The minimum Gasteiger partial charge on any atom is -0.357 e. The quantitative estimate of drug-likeness (QED) is 0.316. The largest absolute Gasteiger partial charge is 0.357 e. The molecule has 1 heterocycles. The lowest BCUT2D eigenvalue weighted by Gasteiger charge is -2.24. The van der Waals surface area contributed by atoms with Crippen LogP contribution in [0.15, 0.2) is 35.6 Å². The van der Waals surface area contributed by atoms with Gasteiger partial charge in [0.25, 0.3) is 0 Å². The predicted octanol–water partition coefficient (Wildman–Crippen LogP) is 2.62. The zero-order valence-electron chi connectivity index (χ0n) is 17.6. The fourth-order valence-electron chi connectivity index (χ4n) is 2.91. The van der Waals surface area contributed by atoms with Crippen molar-refractivity contribution in [1.29, 1.82) is 0 Å². The second-order valence-electron chi connectivity index (χ2n) is 6.83. The number of likely N-dealkylation sites (N-methyl/N-ethyl adjacent to an activating group) is 1. The van der Waals surface area contributed by atoms with Crippen molar-refractivity contribution >= 4 is 29.9 Å². The number of hydrogen-bond donors (Lipinski definition) is 2. The number of aryl methyl sites for hydroxylation is 2. The number of aromatic nitrogens is 3. The summed E-state index contributed by atoms with van der Waals surface area (Å²) in [6.45, 7) is 9.39. The molecule has 2 aromatic rings. The van der Waals surface area contributed by atoms with Gasteiger partial charge in [0, 0.05) is 26.1 Å². The lowest BCUT2D eigenvalue weighted by Crippen LogP contribution is -2.39. The van der Waals surface area contributed by atoms with Gasteiger partial charge < -0.3 is 20.1 Å². The van der Waals surface area contributed by atoms with Crippen molar-refractivity contribution in [1.82, 2.24) is 30.3 Å². The molecular weight excluding hydrogens is 465 g/mol. The number of benzene rings is 1. The minimum absolute atomic E-state index is 0. The first-order valence-electron chi connectivity index (χ1n) is 9.67. The summed E-state index contributed by atoms with van der Waals surface area (Å²) in [7, 11) is 4.19. The van der Waals surface area contributed by atoms with Crippen LogP contribution in [0.2, 0.25) is 0 Å². The molecule has 2 rings (SSSR count). The Hall–Kier alpha value is -1.68. The van der Waals surface area contributed by atoms with Crippen LogP contribution in [0, 0.1) is 6.92 Å².